The smallest absolute Gasteiger partial charge is 0.416 e. The molecular weight excluding hydrogens is 501 g/mol. The molecule has 3 aromatic carbocycles. The highest BCUT2D eigenvalue weighted by atomic mass is 19.4. The van der Waals surface area contributed by atoms with Gasteiger partial charge in [0.25, 0.3) is 5.91 Å². The predicted molar refractivity (Wildman–Crippen MR) is 134 cm³/mol. The third-order valence-corrected chi connectivity index (χ3v) is 5.95. The molecule has 0 unspecified atom stereocenters. The second-order valence-electron chi connectivity index (χ2n) is 8.50. The van der Waals surface area contributed by atoms with Crippen molar-refractivity contribution in [2.75, 3.05) is 32.1 Å². The van der Waals surface area contributed by atoms with Crippen LogP contribution in [0.5, 0.6) is 11.5 Å². The van der Waals surface area contributed by atoms with Crippen LogP contribution in [-0.4, -0.2) is 48.7 Å². The van der Waals surface area contributed by atoms with E-state index in [0.717, 1.165) is 36.4 Å². The Morgan fingerprint density at radius 2 is 1.74 bits per heavy atom. The number of hydrogen-bond donors (Lipinski definition) is 2. The topological polar surface area (TPSA) is 88.1 Å². The molecule has 0 aromatic heterocycles. The predicted octanol–water partition coefficient (Wildman–Crippen LogP) is 4.76. The highest BCUT2D eigenvalue weighted by Gasteiger charge is 2.36. The summed E-state index contributed by atoms with van der Waals surface area (Å²) in [6, 6.07) is 19.6. The van der Waals surface area contributed by atoms with Crippen LogP contribution in [0.4, 0.5) is 18.9 Å². The number of para-hydroxylation sites is 1. The van der Waals surface area contributed by atoms with Crippen molar-refractivity contribution in [3.05, 3.63) is 101 Å². The average Bonchev–Trinajstić information content (AvgIpc) is 3.20. The molecule has 0 saturated heterocycles. The lowest BCUT2D eigenvalue weighted by molar-refractivity contribution is -0.138. The molecule has 0 bridgehead atoms. The van der Waals surface area contributed by atoms with Crippen molar-refractivity contribution in [1.29, 1.82) is 0 Å². The molecule has 3 aromatic rings. The van der Waals surface area contributed by atoms with Crippen LogP contribution < -0.4 is 10.1 Å². The number of hydrogen-bond acceptors (Lipinski definition) is 6. The number of methoxy groups -OCH3 is 1. The number of benzene rings is 3. The van der Waals surface area contributed by atoms with Crippen molar-refractivity contribution < 1.29 is 37.3 Å². The zero-order chi connectivity index (χ0) is 27.3. The molecule has 2 N–H and O–H groups in total. The van der Waals surface area contributed by atoms with Gasteiger partial charge in [0, 0.05) is 13.0 Å². The van der Waals surface area contributed by atoms with Gasteiger partial charge in [-0.2, -0.15) is 13.2 Å². The third kappa shape index (κ3) is 5.97. The number of rotatable bonds is 9. The molecule has 38 heavy (non-hydrogen) atoms. The van der Waals surface area contributed by atoms with Crippen LogP contribution in [0.2, 0.25) is 0 Å². The van der Waals surface area contributed by atoms with E-state index in [1.807, 2.05) is 42.5 Å². The summed E-state index contributed by atoms with van der Waals surface area (Å²) < 4.78 is 51.6. The van der Waals surface area contributed by atoms with Gasteiger partial charge in [0.15, 0.2) is 5.75 Å². The number of alkyl halides is 3. The molecule has 7 nitrogen and oxygen atoms in total. The van der Waals surface area contributed by atoms with Crippen LogP contribution in [0.3, 0.4) is 0 Å². The molecule has 1 amide bonds. The number of ether oxygens (including phenoxy) is 2. The Kier molecular flexibility index (Phi) is 8.02. The molecule has 1 aliphatic heterocycles. The second-order valence-corrected chi connectivity index (χ2v) is 8.50. The van der Waals surface area contributed by atoms with Crippen LogP contribution in [0, 0.1) is 0 Å². The van der Waals surface area contributed by atoms with Crippen molar-refractivity contribution in [2.24, 2.45) is 0 Å². The summed E-state index contributed by atoms with van der Waals surface area (Å²) in [6.45, 7) is -0.587. The number of carbonyl (C=O) groups is 2. The minimum absolute atomic E-state index is 0.0173. The summed E-state index contributed by atoms with van der Waals surface area (Å²) in [6.07, 6.45) is -4.14. The molecule has 198 valence electrons. The first kappa shape index (κ1) is 26.7. The lowest BCUT2D eigenvalue weighted by Gasteiger charge is -2.19. The molecule has 1 heterocycles. The fourth-order valence-corrected chi connectivity index (χ4v) is 4.06. The highest BCUT2D eigenvalue weighted by Crippen LogP contribution is 2.39. The van der Waals surface area contributed by atoms with E-state index >= 15 is 0 Å². The first-order valence-corrected chi connectivity index (χ1v) is 11.7. The van der Waals surface area contributed by atoms with Gasteiger partial charge < -0.3 is 24.8 Å². The number of halogens is 3. The van der Waals surface area contributed by atoms with Crippen LogP contribution >= 0.6 is 0 Å². The molecule has 0 spiro atoms. The Morgan fingerprint density at radius 1 is 1.03 bits per heavy atom. The number of nitrogens with one attached hydrogen (secondary N) is 1. The van der Waals surface area contributed by atoms with Crippen LogP contribution in [0.1, 0.15) is 16.7 Å². The quantitative estimate of drug-likeness (QED) is 0.391. The van der Waals surface area contributed by atoms with Crippen molar-refractivity contribution in [3.63, 3.8) is 0 Å². The summed E-state index contributed by atoms with van der Waals surface area (Å²) in [5.41, 5.74) is 0.367. The number of aliphatic hydroxyl groups is 1. The van der Waals surface area contributed by atoms with E-state index in [1.165, 1.54) is 4.90 Å². The van der Waals surface area contributed by atoms with Crippen LogP contribution in [0.15, 0.2) is 84.1 Å². The maximum Gasteiger partial charge on any atom is 0.416 e. The summed E-state index contributed by atoms with van der Waals surface area (Å²) in [5.74, 6) is -1.04. The van der Waals surface area contributed by atoms with Gasteiger partial charge in [0.2, 0.25) is 0 Å². The average molecular weight is 527 g/mol. The van der Waals surface area contributed by atoms with Gasteiger partial charge >= 0.3 is 12.1 Å². The molecule has 0 radical (unpaired) electrons. The number of aliphatic hydroxyl groups excluding tert-OH is 1. The molecule has 0 fully saturated rings. The van der Waals surface area contributed by atoms with Gasteiger partial charge in [0.05, 0.1) is 37.1 Å². The van der Waals surface area contributed by atoms with E-state index in [1.54, 1.807) is 12.1 Å². The van der Waals surface area contributed by atoms with Gasteiger partial charge in [-0.3, -0.25) is 4.79 Å². The lowest BCUT2D eigenvalue weighted by Crippen LogP contribution is -2.31. The van der Waals surface area contributed by atoms with Gasteiger partial charge in [0.1, 0.15) is 11.4 Å². The van der Waals surface area contributed by atoms with Crippen molar-refractivity contribution >= 4 is 17.6 Å². The number of nitrogens with zero attached hydrogens (tertiary/aromatic N) is 1. The number of amides is 1. The second kappa shape index (κ2) is 11.4. The van der Waals surface area contributed by atoms with E-state index in [4.69, 9.17) is 9.47 Å². The number of β-amino-alcohol motifs (C(OH)–C–C–N with tert-alkyl or cyclic N) is 1. The number of esters is 1. The van der Waals surface area contributed by atoms with E-state index in [2.05, 4.69) is 5.32 Å². The Hall–Kier alpha value is -4.31. The first-order chi connectivity index (χ1) is 18.2. The molecular formula is C28H25F3N2O5. The number of anilines is 1. The minimum Gasteiger partial charge on any atom is -0.466 e. The largest absolute Gasteiger partial charge is 0.466 e. The van der Waals surface area contributed by atoms with Gasteiger partial charge in [-0.05, 0) is 35.4 Å². The van der Waals surface area contributed by atoms with Gasteiger partial charge in [-0.15, -0.1) is 0 Å². The summed E-state index contributed by atoms with van der Waals surface area (Å²) in [5, 5.41) is 12.0. The Balaban J connectivity index is 1.73. The summed E-state index contributed by atoms with van der Waals surface area (Å²) >= 11 is 0. The van der Waals surface area contributed by atoms with E-state index in [-0.39, 0.29) is 42.4 Å². The Labute approximate surface area is 217 Å². The van der Waals surface area contributed by atoms with Crippen molar-refractivity contribution in [3.8, 4) is 11.5 Å². The SMILES string of the molecule is COC(=O)C1=C(Nc2cc(C(F)(F)F)ccc2Oc2ccccc2Cc2ccccc2)C(=O)N(CCO)C1. The highest BCUT2D eigenvalue weighted by molar-refractivity contribution is 6.08. The number of carbonyl (C=O) groups excluding carboxylic acids is 2. The van der Waals surface area contributed by atoms with Gasteiger partial charge in [-0.1, -0.05) is 48.5 Å². The van der Waals surface area contributed by atoms with Crippen LogP contribution in [0.25, 0.3) is 0 Å². The monoisotopic (exact) mass is 526 g/mol. The lowest BCUT2D eigenvalue weighted by atomic mass is 10.0. The van der Waals surface area contributed by atoms with E-state index in [0.29, 0.717) is 12.2 Å². The fraction of sp³-hybridized carbons (Fsp3) is 0.214. The van der Waals surface area contributed by atoms with Crippen molar-refractivity contribution in [1.82, 2.24) is 4.90 Å². The first-order valence-electron chi connectivity index (χ1n) is 11.7. The third-order valence-electron chi connectivity index (χ3n) is 5.95. The molecule has 1 aliphatic rings. The zero-order valence-corrected chi connectivity index (χ0v) is 20.4. The maximum absolute atomic E-state index is 13.6. The van der Waals surface area contributed by atoms with E-state index in [9.17, 15) is 27.9 Å². The normalized spacial score (nSPS) is 13.6. The minimum atomic E-state index is -4.66. The van der Waals surface area contributed by atoms with Crippen LogP contribution in [-0.2, 0) is 26.9 Å². The standard InChI is InChI=1S/C28H25F3N2O5/c1-37-27(36)21-17-33(13-14-34)26(35)25(21)32-22-16-20(28(29,30)31)11-12-24(22)38-23-10-6-5-9-19(23)15-18-7-3-2-4-8-18/h2-12,16,32,34H,13-15,17H2,1H3. The Bertz CT molecular complexity index is 1360. The molecule has 4 rings (SSSR count). The maximum atomic E-state index is 13.6. The molecule has 0 saturated carbocycles. The Morgan fingerprint density at radius 3 is 2.42 bits per heavy atom. The summed E-state index contributed by atoms with van der Waals surface area (Å²) in [4.78, 5) is 26.5. The van der Waals surface area contributed by atoms with Gasteiger partial charge in [-0.25, -0.2) is 4.79 Å². The molecule has 0 aliphatic carbocycles. The zero-order valence-electron chi connectivity index (χ0n) is 20.4. The molecule has 10 heteroatoms. The molecule has 0 atom stereocenters. The summed E-state index contributed by atoms with van der Waals surface area (Å²) in [7, 11) is 1.13. The fourth-order valence-electron chi connectivity index (χ4n) is 4.06. The van der Waals surface area contributed by atoms with E-state index < -0.39 is 23.6 Å². The van der Waals surface area contributed by atoms with Crippen molar-refractivity contribution in [2.45, 2.75) is 12.6 Å².